The Balaban J connectivity index is 2.30. The lowest BCUT2D eigenvalue weighted by molar-refractivity contribution is -0.142. The first kappa shape index (κ1) is 15.5. The molecule has 1 amide bonds. The molecule has 0 saturated carbocycles. The Bertz CT molecular complexity index is 433. The highest BCUT2D eigenvalue weighted by Crippen LogP contribution is 2.11. The molecule has 1 aromatic rings. The molecule has 5 nitrogen and oxygen atoms in total. The van der Waals surface area contributed by atoms with Gasteiger partial charge in [-0.15, -0.1) is 0 Å². The second-order valence-corrected chi connectivity index (χ2v) is 4.56. The van der Waals surface area contributed by atoms with Gasteiger partial charge < -0.3 is 15.5 Å². The molecular weight excluding hydrogens is 270 g/mol. The summed E-state index contributed by atoms with van der Waals surface area (Å²) in [6, 6.07) is 6.09. The average Bonchev–Trinajstić information content (AvgIpc) is 2.38. The van der Waals surface area contributed by atoms with Crippen LogP contribution in [0.15, 0.2) is 24.3 Å². The molecule has 0 bridgehead atoms. The summed E-state index contributed by atoms with van der Waals surface area (Å²) in [5.41, 5.74) is 1.06. The van der Waals surface area contributed by atoms with Crippen LogP contribution >= 0.6 is 11.6 Å². The topological polar surface area (TPSA) is 86.6 Å². The number of hydrogen-bond donors (Lipinski definition) is 3. The lowest BCUT2D eigenvalue weighted by Crippen LogP contribution is -2.43. The molecule has 1 aromatic carbocycles. The van der Waals surface area contributed by atoms with E-state index in [0.717, 1.165) is 5.56 Å². The van der Waals surface area contributed by atoms with Gasteiger partial charge in [0.05, 0.1) is 6.61 Å². The highest BCUT2D eigenvalue weighted by molar-refractivity contribution is 6.30. The van der Waals surface area contributed by atoms with E-state index in [0.29, 0.717) is 17.9 Å². The summed E-state index contributed by atoms with van der Waals surface area (Å²) in [6.07, 6.45) is 1.53. The number of carboxylic acids is 1. The molecule has 0 aromatic heterocycles. The minimum Gasteiger partial charge on any atom is -0.480 e. The Morgan fingerprint density at radius 3 is 2.42 bits per heavy atom. The molecule has 0 aliphatic rings. The quantitative estimate of drug-likeness (QED) is 0.703. The lowest BCUT2D eigenvalue weighted by Gasteiger charge is -2.11. The number of halogens is 1. The van der Waals surface area contributed by atoms with Crippen molar-refractivity contribution in [1.82, 2.24) is 5.32 Å². The Kier molecular flexibility index (Phi) is 6.32. The number of aliphatic carboxylic acids is 1. The van der Waals surface area contributed by atoms with Crippen LogP contribution in [0.3, 0.4) is 0 Å². The Labute approximate surface area is 116 Å². The van der Waals surface area contributed by atoms with Crippen molar-refractivity contribution >= 4 is 23.5 Å². The number of nitrogens with one attached hydrogen (secondary N) is 1. The highest BCUT2D eigenvalue weighted by atomic mass is 35.5. The van der Waals surface area contributed by atoms with Crippen LogP contribution in [0, 0.1) is 0 Å². The number of carbonyl (C=O) groups excluding carboxylic acids is 1. The van der Waals surface area contributed by atoms with Crippen LogP contribution in [0.4, 0.5) is 0 Å². The number of aryl methyl sites for hydroxylation is 1. The molecule has 104 valence electrons. The number of aliphatic hydroxyl groups excluding tert-OH is 1. The van der Waals surface area contributed by atoms with E-state index >= 15 is 0 Å². The van der Waals surface area contributed by atoms with Crippen molar-refractivity contribution in [2.45, 2.75) is 25.3 Å². The maximum atomic E-state index is 11.5. The van der Waals surface area contributed by atoms with E-state index in [4.69, 9.17) is 21.8 Å². The zero-order valence-electron chi connectivity index (χ0n) is 10.3. The van der Waals surface area contributed by atoms with Crippen molar-refractivity contribution in [3.05, 3.63) is 34.9 Å². The Morgan fingerprint density at radius 1 is 1.26 bits per heavy atom. The van der Waals surface area contributed by atoms with E-state index < -0.39 is 18.6 Å². The zero-order chi connectivity index (χ0) is 14.3. The monoisotopic (exact) mass is 285 g/mol. The van der Waals surface area contributed by atoms with Gasteiger partial charge in [0.2, 0.25) is 5.91 Å². The van der Waals surface area contributed by atoms with E-state index in [-0.39, 0.29) is 12.3 Å². The van der Waals surface area contributed by atoms with Gasteiger partial charge in [0, 0.05) is 11.4 Å². The zero-order valence-corrected chi connectivity index (χ0v) is 11.1. The molecule has 1 unspecified atom stereocenters. The van der Waals surface area contributed by atoms with E-state index in [2.05, 4.69) is 5.32 Å². The predicted molar refractivity (Wildman–Crippen MR) is 71.0 cm³/mol. The maximum absolute atomic E-state index is 11.5. The van der Waals surface area contributed by atoms with Gasteiger partial charge in [-0.25, -0.2) is 4.79 Å². The van der Waals surface area contributed by atoms with E-state index in [1.54, 1.807) is 12.1 Å². The number of carboxylic acid groups (broad SMARTS) is 1. The number of benzene rings is 1. The van der Waals surface area contributed by atoms with Crippen LogP contribution in [0.5, 0.6) is 0 Å². The average molecular weight is 286 g/mol. The Hall–Kier alpha value is -1.59. The van der Waals surface area contributed by atoms with Crippen LogP contribution < -0.4 is 5.32 Å². The molecule has 0 aliphatic heterocycles. The molecule has 19 heavy (non-hydrogen) atoms. The van der Waals surface area contributed by atoms with Gasteiger partial charge in [0.25, 0.3) is 0 Å². The van der Waals surface area contributed by atoms with Gasteiger partial charge in [-0.3, -0.25) is 4.79 Å². The SMILES string of the molecule is O=C(CCCc1ccc(Cl)cc1)NC(CO)C(=O)O. The number of aliphatic hydroxyl groups is 1. The molecule has 6 heteroatoms. The molecule has 0 spiro atoms. The molecule has 0 fully saturated rings. The number of amides is 1. The fourth-order valence-electron chi connectivity index (χ4n) is 1.56. The van der Waals surface area contributed by atoms with Crippen molar-refractivity contribution in [3.63, 3.8) is 0 Å². The normalized spacial score (nSPS) is 11.9. The second-order valence-electron chi connectivity index (χ2n) is 4.12. The summed E-state index contributed by atoms with van der Waals surface area (Å²) in [5, 5.41) is 20.3. The number of carbonyl (C=O) groups is 2. The Morgan fingerprint density at radius 2 is 1.89 bits per heavy atom. The maximum Gasteiger partial charge on any atom is 0.328 e. The molecule has 0 saturated heterocycles. The minimum atomic E-state index is -1.24. The van der Waals surface area contributed by atoms with Crippen LogP contribution in [0.25, 0.3) is 0 Å². The third-order valence-corrected chi connectivity index (χ3v) is 2.85. The van der Waals surface area contributed by atoms with Crippen LogP contribution in [0.1, 0.15) is 18.4 Å². The van der Waals surface area contributed by atoms with E-state index in [9.17, 15) is 9.59 Å². The van der Waals surface area contributed by atoms with Gasteiger partial charge in [-0.05, 0) is 30.5 Å². The minimum absolute atomic E-state index is 0.215. The molecule has 0 heterocycles. The van der Waals surface area contributed by atoms with Gasteiger partial charge in [-0.2, -0.15) is 0 Å². The van der Waals surface area contributed by atoms with E-state index in [1.807, 2.05) is 12.1 Å². The molecule has 3 N–H and O–H groups in total. The van der Waals surface area contributed by atoms with Crippen molar-refractivity contribution in [2.75, 3.05) is 6.61 Å². The first-order valence-electron chi connectivity index (χ1n) is 5.90. The van der Waals surface area contributed by atoms with Gasteiger partial charge in [0.15, 0.2) is 0 Å². The number of hydrogen-bond acceptors (Lipinski definition) is 3. The first-order chi connectivity index (χ1) is 9.02. The number of rotatable bonds is 7. The van der Waals surface area contributed by atoms with Crippen LogP contribution in [-0.4, -0.2) is 34.7 Å². The summed E-state index contributed by atoms with van der Waals surface area (Å²) in [6.45, 7) is -0.613. The fourth-order valence-corrected chi connectivity index (χ4v) is 1.68. The van der Waals surface area contributed by atoms with Gasteiger partial charge in [0.1, 0.15) is 6.04 Å². The first-order valence-corrected chi connectivity index (χ1v) is 6.28. The highest BCUT2D eigenvalue weighted by Gasteiger charge is 2.17. The summed E-state index contributed by atoms with van der Waals surface area (Å²) in [4.78, 5) is 22.1. The molecule has 0 aliphatic carbocycles. The summed E-state index contributed by atoms with van der Waals surface area (Å²) in [5.74, 6) is -1.62. The summed E-state index contributed by atoms with van der Waals surface area (Å²) in [7, 11) is 0. The molecule has 1 atom stereocenters. The van der Waals surface area contributed by atoms with Crippen molar-refractivity contribution in [1.29, 1.82) is 0 Å². The molecule has 1 rings (SSSR count). The predicted octanol–water partition coefficient (Wildman–Crippen LogP) is 1.22. The second kappa shape index (κ2) is 7.76. The molecule has 0 radical (unpaired) electrons. The van der Waals surface area contributed by atoms with Gasteiger partial charge >= 0.3 is 5.97 Å². The largest absolute Gasteiger partial charge is 0.480 e. The smallest absolute Gasteiger partial charge is 0.328 e. The van der Waals surface area contributed by atoms with Crippen molar-refractivity contribution in [2.24, 2.45) is 0 Å². The van der Waals surface area contributed by atoms with Crippen LogP contribution in [-0.2, 0) is 16.0 Å². The van der Waals surface area contributed by atoms with Crippen LogP contribution in [0.2, 0.25) is 5.02 Å². The van der Waals surface area contributed by atoms with Gasteiger partial charge in [-0.1, -0.05) is 23.7 Å². The van der Waals surface area contributed by atoms with Crippen molar-refractivity contribution < 1.29 is 19.8 Å². The summed E-state index contributed by atoms with van der Waals surface area (Å²) < 4.78 is 0. The summed E-state index contributed by atoms with van der Waals surface area (Å²) >= 11 is 5.76. The molecular formula is C13H16ClNO4. The standard InChI is InChI=1S/C13H16ClNO4/c14-10-6-4-9(5-7-10)2-1-3-12(17)15-11(8-16)13(18)19/h4-7,11,16H,1-3,8H2,(H,15,17)(H,18,19). The third-order valence-electron chi connectivity index (χ3n) is 2.60. The lowest BCUT2D eigenvalue weighted by atomic mass is 10.1. The third kappa shape index (κ3) is 5.72. The fraction of sp³-hybridized carbons (Fsp3) is 0.385. The van der Waals surface area contributed by atoms with Crippen molar-refractivity contribution in [3.8, 4) is 0 Å². The van der Waals surface area contributed by atoms with E-state index in [1.165, 1.54) is 0 Å².